The number of amides is 2. The molecular formula is C46H62N4O7. The first-order valence-electron chi connectivity index (χ1n) is 21.2. The van der Waals surface area contributed by atoms with Crippen LogP contribution < -0.4 is 5.32 Å². The molecule has 1 aliphatic heterocycles. The number of nitrogens with one attached hydrogen (secondary N) is 1. The van der Waals surface area contributed by atoms with E-state index in [9.17, 15) is 33.6 Å². The number of nitrogens with zero attached hydrogens (tertiary/aromatic N) is 3. The van der Waals surface area contributed by atoms with Crippen LogP contribution in [-0.4, -0.2) is 74.2 Å². The number of aromatic nitrogens is 2. The number of rotatable bonds is 19. The smallest absolute Gasteiger partial charge is 0.246 e. The van der Waals surface area contributed by atoms with Crippen LogP contribution in [0.15, 0.2) is 48.9 Å². The predicted octanol–water partition coefficient (Wildman–Crippen LogP) is 6.76. The molecule has 1 unspecified atom stereocenters. The van der Waals surface area contributed by atoms with Crippen molar-refractivity contribution in [1.82, 2.24) is 20.2 Å². The van der Waals surface area contributed by atoms with Crippen molar-refractivity contribution in [2.45, 2.75) is 137 Å². The third-order valence-corrected chi connectivity index (χ3v) is 12.8. The van der Waals surface area contributed by atoms with E-state index < -0.39 is 46.8 Å². The van der Waals surface area contributed by atoms with E-state index in [1.165, 1.54) is 25.5 Å². The normalized spacial score (nSPS) is 21.8. The van der Waals surface area contributed by atoms with Crippen molar-refractivity contribution in [3.63, 3.8) is 0 Å². The van der Waals surface area contributed by atoms with Gasteiger partial charge in [-0.2, -0.15) is 0 Å². The van der Waals surface area contributed by atoms with Crippen LogP contribution in [-0.2, 0) is 35.2 Å². The Bertz CT molecular complexity index is 1750. The fraction of sp³-hybridized carbons (Fsp3) is 0.630. The van der Waals surface area contributed by atoms with Crippen molar-refractivity contribution >= 4 is 40.7 Å². The van der Waals surface area contributed by atoms with E-state index in [1.54, 1.807) is 4.90 Å². The fourth-order valence-electron chi connectivity index (χ4n) is 9.61. The standard InChI is InChI=1S/C46H62N4O7/c1-6-14-32(42(55)40(54)25-34(29(2)51)23-30-15-9-7-10-16-30)24-39(53)41-35-20-13-19-33(35)28-50(41)45(57)43(46(3,4)5)49-44(56)36(31-17-11-8-12-18-31)26-38(52)37-27-47-21-22-48-37/h7,9-10,15-16,21-22,27,31-36,41,43H,6,8,11-14,17-20,23-26,28H2,1-5H3,(H,49,56)/t32?,33-,34+,35-,36+,41-,43+/m0/s1. The van der Waals surface area contributed by atoms with E-state index in [0.29, 0.717) is 25.8 Å². The second kappa shape index (κ2) is 19.8. The molecule has 11 nitrogen and oxygen atoms in total. The number of Topliss-reactive ketones (excluding diaryl/α,β-unsaturated/α-hetero) is 5. The molecule has 0 radical (unpaired) electrons. The largest absolute Gasteiger partial charge is 0.344 e. The third kappa shape index (κ3) is 11.2. The quantitative estimate of drug-likeness (QED) is 0.120. The summed E-state index contributed by atoms with van der Waals surface area (Å²) in [6, 6.07) is 7.64. The summed E-state index contributed by atoms with van der Waals surface area (Å²) in [6.45, 7) is 9.38. The van der Waals surface area contributed by atoms with E-state index in [0.717, 1.165) is 56.9 Å². The van der Waals surface area contributed by atoms with Crippen molar-refractivity contribution in [3.05, 3.63) is 60.2 Å². The van der Waals surface area contributed by atoms with Gasteiger partial charge in [0, 0.05) is 56.0 Å². The molecule has 5 rings (SSSR count). The highest BCUT2D eigenvalue weighted by Crippen LogP contribution is 2.44. The molecule has 2 saturated carbocycles. The lowest BCUT2D eigenvalue weighted by Gasteiger charge is -2.38. The van der Waals surface area contributed by atoms with Crippen LogP contribution in [0.25, 0.3) is 0 Å². The maximum Gasteiger partial charge on any atom is 0.246 e. The molecule has 11 heteroatoms. The summed E-state index contributed by atoms with van der Waals surface area (Å²) >= 11 is 0. The van der Waals surface area contributed by atoms with Crippen LogP contribution in [0.1, 0.15) is 134 Å². The zero-order chi connectivity index (χ0) is 41.3. The van der Waals surface area contributed by atoms with Gasteiger partial charge in [-0.3, -0.25) is 38.5 Å². The van der Waals surface area contributed by atoms with Gasteiger partial charge in [-0.1, -0.05) is 90.1 Å². The zero-order valence-corrected chi connectivity index (χ0v) is 34.5. The van der Waals surface area contributed by atoms with Gasteiger partial charge in [0.15, 0.2) is 17.3 Å². The molecule has 2 aliphatic carbocycles. The molecule has 2 amide bonds. The van der Waals surface area contributed by atoms with E-state index in [-0.39, 0.29) is 71.9 Å². The highest BCUT2D eigenvalue weighted by molar-refractivity contribution is 6.38. The molecule has 0 bridgehead atoms. The maximum absolute atomic E-state index is 14.8. The number of ketones is 5. The molecule has 308 valence electrons. The highest BCUT2D eigenvalue weighted by atomic mass is 16.2. The molecule has 1 aromatic heterocycles. The van der Waals surface area contributed by atoms with E-state index in [2.05, 4.69) is 15.3 Å². The van der Waals surface area contributed by atoms with Gasteiger partial charge >= 0.3 is 0 Å². The van der Waals surface area contributed by atoms with Gasteiger partial charge in [0.1, 0.15) is 17.5 Å². The molecule has 57 heavy (non-hydrogen) atoms. The summed E-state index contributed by atoms with van der Waals surface area (Å²) in [5.41, 5.74) is 0.372. The van der Waals surface area contributed by atoms with Crippen molar-refractivity contribution in [2.75, 3.05) is 6.54 Å². The van der Waals surface area contributed by atoms with E-state index >= 15 is 0 Å². The number of carbonyl (C=O) groups excluding carboxylic acids is 7. The molecule has 1 N–H and O–H groups in total. The molecule has 2 aromatic rings. The summed E-state index contributed by atoms with van der Waals surface area (Å²) in [7, 11) is 0. The van der Waals surface area contributed by atoms with Crippen LogP contribution in [0.4, 0.5) is 0 Å². The summed E-state index contributed by atoms with van der Waals surface area (Å²) in [5.74, 6) is -4.75. The highest BCUT2D eigenvalue weighted by Gasteiger charge is 2.52. The minimum absolute atomic E-state index is 0.0182. The van der Waals surface area contributed by atoms with Gasteiger partial charge in [0.05, 0.1) is 12.2 Å². The number of hydrogen-bond donors (Lipinski definition) is 1. The van der Waals surface area contributed by atoms with Crippen molar-refractivity contribution in [3.8, 4) is 0 Å². The van der Waals surface area contributed by atoms with Crippen LogP contribution in [0, 0.1) is 40.9 Å². The fourth-order valence-corrected chi connectivity index (χ4v) is 9.61. The summed E-state index contributed by atoms with van der Waals surface area (Å²) in [6.07, 6.45) is 12.4. The Labute approximate surface area is 337 Å². The Morgan fingerprint density at radius 3 is 2.21 bits per heavy atom. The molecule has 3 aliphatic rings. The number of likely N-dealkylation sites (tertiary alicyclic amines) is 1. The Kier molecular flexibility index (Phi) is 15.2. The number of hydrogen-bond acceptors (Lipinski definition) is 9. The summed E-state index contributed by atoms with van der Waals surface area (Å²) in [4.78, 5) is 107. The van der Waals surface area contributed by atoms with Crippen LogP contribution in [0.2, 0.25) is 0 Å². The van der Waals surface area contributed by atoms with Crippen LogP contribution >= 0.6 is 0 Å². The molecule has 1 aromatic carbocycles. The third-order valence-electron chi connectivity index (χ3n) is 12.8. The first-order valence-corrected chi connectivity index (χ1v) is 21.2. The topological polar surface area (TPSA) is 161 Å². The van der Waals surface area contributed by atoms with Crippen LogP contribution in [0.5, 0.6) is 0 Å². The van der Waals surface area contributed by atoms with Gasteiger partial charge in [-0.25, -0.2) is 4.98 Å². The monoisotopic (exact) mass is 782 g/mol. The van der Waals surface area contributed by atoms with Gasteiger partial charge < -0.3 is 10.2 Å². The average Bonchev–Trinajstić information content (AvgIpc) is 3.80. The van der Waals surface area contributed by atoms with Gasteiger partial charge in [-0.15, -0.1) is 0 Å². The minimum atomic E-state index is -0.973. The average molecular weight is 783 g/mol. The Morgan fingerprint density at radius 1 is 0.860 bits per heavy atom. The van der Waals surface area contributed by atoms with Crippen molar-refractivity contribution in [2.24, 2.45) is 40.9 Å². The number of carbonyl (C=O) groups is 7. The second-order valence-electron chi connectivity index (χ2n) is 18.0. The molecule has 0 spiro atoms. The molecule has 1 saturated heterocycles. The predicted molar refractivity (Wildman–Crippen MR) is 216 cm³/mol. The van der Waals surface area contributed by atoms with Gasteiger partial charge in [-0.05, 0) is 74.2 Å². The summed E-state index contributed by atoms with van der Waals surface area (Å²) in [5, 5.41) is 3.10. The lowest BCUT2D eigenvalue weighted by Crippen LogP contribution is -2.58. The lowest BCUT2D eigenvalue weighted by molar-refractivity contribution is -0.146. The maximum atomic E-state index is 14.8. The minimum Gasteiger partial charge on any atom is -0.344 e. The van der Waals surface area contributed by atoms with Gasteiger partial charge in [0.25, 0.3) is 0 Å². The second-order valence-corrected chi connectivity index (χ2v) is 18.0. The Balaban J connectivity index is 1.34. The van der Waals surface area contributed by atoms with Crippen LogP contribution in [0.3, 0.4) is 0 Å². The van der Waals surface area contributed by atoms with Gasteiger partial charge in [0.2, 0.25) is 17.6 Å². The number of benzene rings is 1. The molecule has 7 atom stereocenters. The SMILES string of the molecule is CCCC(CC(=O)[C@@H]1[C@H]2CCC[C@H]2CN1C(=O)[C@@H](NC(=O)[C@H](CC(=O)c1cnccn1)C1CCCCC1)C(C)(C)C)C(=O)C(=O)C[C@@H](Cc1ccccc1)C(C)=O. The molecule has 3 fully saturated rings. The number of fused-ring (bicyclic) bond motifs is 1. The zero-order valence-electron chi connectivity index (χ0n) is 34.5. The van der Waals surface area contributed by atoms with E-state index in [4.69, 9.17) is 0 Å². The first kappa shape index (κ1) is 43.7. The Hall–Kier alpha value is -4.41. The molecule has 2 heterocycles. The summed E-state index contributed by atoms with van der Waals surface area (Å²) < 4.78 is 0. The first-order chi connectivity index (χ1) is 27.2. The lowest BCUT2D eigenvalue weighted by atomic mass is 9.76. The van der Waals surface area contributed by atoms with Crippen molar-refractivity contribution < 1.29 is 33.6 Å². The van der Waals surface area contributed by atoms with Crippen molar-refractivity contribution in [1.29, 1.82) is 0 Å². The van der Waals surface area contributed by atoms with E-state index in [1.807, 2.05) is 58.0 Å². The Morgan fingerprint density at radius 2 is 1.58 bits per heavy atom. The molecular weight excluding hydrogens is 721 g/mol.